The molecule has 1 N–H and O–H groups in total. The lowest BCUT2D eigenvalue weighted by molar-refractivity contribution is 0.102. The maximum atomic E-state index is 11.9. The number of aryl methyl sites for hydroxylation is 2. The monoisotopic (exact) mass is 305 g/mol. The van der Waals surface area contributed by atoms with Gasteiger partial charge in [0.25, 0.3) is 5.91 Å². The van der Waals surface area contributed by atoms with E-state index in [9.17, 15) is 4.79 Å². The van der Waals surface area contributed by atoms with E-state index in [2.05, 4.69) is 37.3 Å². The molecule has 4 nitrogen and oxygen atoms in total. The van der Waals surface area contributed by atoms with Crippen molar-refractivity contribution in [3.63, 3.8) is 0 Å². The number of benzene rings is 1. The van der Waals surface area contributed by atoms with E-state index in [1.54, 1.807) is 0 Å². The maximum Gasteiger partial charge on any atom is 0.275 e. The summed E-state index contributed by atoms with van der Waals surface area (Å²) in [5.41, 5.74) is 3.26. The van der Waals surface area contributed by atoms with Crippen LogP contribution in [-0.2, 0) is 0 Å². The Morgan fingerprint density at radius 1 is 1.11 bits per heavy atom. The molecule has 1 amide bonds. The second-order valence-electron chi connectivity index (χ2n) is 4.05. The van der Waals surface area contributed by atoms with Gasteiger partial charge >= 0.3 is 0 Å². The summed E-state index contributed by atoms with van der Waals surface area (Å²) in [6, 6.07) is 5.88. The molecule has 0 saturated carbocycles. The molecule has 0 spiro atoms. The average molecular weight is 306 g/mol. The lowest BCUT2D eigenvalue weighted by Gasteiger charge is -2.06. The fourth-order valence-electron chi connectivity index (χ4n) is 1.67. The van der Waals surface area contributed by atoms with Gasteiger partial charge in [-0.3, -0.25) is 4.79 Å². The van der Waals surface area contributed by atoms with E-state index in [1.165, 1.54) is 12.4 Å². The number of halogens is 1. The molecular formula is C13H12BrN3O. The van der Waals surface area contributed by atoms with Gasteiger partial charge in [-0.2, -0.15) is 0 Å². The predicted molar refractivity (Wildman–Crippen MR) is 73.6 cm³/mol. The van der Waals surface area contributed by atoms with Gasteiger partial charge in [-0.05, 0) is 53.0 Å². The van der Waals surface area contributed by atoms with Gasteiger partial charge in [0.15, 0.2) is 0 Å². The van der Waals surface area contributed by atoms with Crippen molar-refractivity contribution in [3.8, 4) is 0 Å². The van der Waals surface area contributed by atoms with Crippen molar-refractivity contribution in [2.24, 2.45) is 0 Å². The van der Waals surface area contributed by atoms with Crippen LogP contribution in [-0.4, -0.2) is 15.9 Å². The molecule has 0 unspecified atom stereocenters. The molecule has 1 aromatic carbocycles. The highest BCUT2D eigenvalue weighted by Gasteiger charge is 2.08. The van der Waals surface area contributed by atoms with Crippen LogP contribution in [0.1, 0.15) is 21.6 Å². The van der Waals surface area contributed by atoms with Crippen LogP contribution in [0.15, 0.2) is 35.2 Å². The molecule has 5 heteroatoms. The Morgan fingerprint density at radius 2 is 1.78 bits per heavy atom. The number of hydrogen-bond acceptors (Lipinski definition) is 3. The standard InChI is InChI=1S/C13H12BrN3O/c1-8-3-9(2)5-10(4-8)17-13(18)11-6-16-12(14)7-15-11/h3-7H,1-2H3,(H,17,18). The minimum absolute atomic E-state index is 0.264. The quantitative estimate of drug-likeness (QED) is 0.927. The average Bonchev–Trinajstić information content (AvgIpc) is 2.28. The molecule has 2 rings (SSSR count). The fourth-order valence-corrected chi connectivity index (χ4v) is 1.88. The lowest BCUT2D eigenvalue weighted by atomic mass is 10.1. The van der Waals surface area contributed by atoms with Gasteiger partial charge in [0, 0.05) is 5.69 Å². The molecule has 0 aliphatic carbocycles. The lowest BCUT2D eigenvalue weighted by Crippen LogP contribution is -2.14. The molecule has 0 radical (unpaired) electrons. The Morgan fingerprint density at radius 3 is 2.33 bits per heavy atom. The van der Waals surface area contributed by atoms with Crippen molar-refractivity contribution in [3.05, 3.63) is 52.0 Å². The number of rotatable bonds is 2. The van der Waals surface area contributed by atoms with E-state index < -0.39 is 0 Å². The summed E-state index contributed by atoms with van der Waals surface area (Å²) in [5.74, 6) is -0.264. The highest BCUT2D eigenvalue weighted by Crippen LogP contribution is 2.14. The van der Waals surface area contributed by atoms with Crippen LogP contribution in [0.3, 0.4) is 0 Å². The molecule has 1 heterocycles. The molecule has 0 aliphatic heterocycles. The normalized spacial score (nSPS) is 10.2. The Balaban J connectivity index is 2.18. The Hall–Kier alpha value is -1.75. The van der Waals surface area contributed by atoms with Crippen LogP contribution in [0.25, 0.3) is 0 Å². The SMILES string of the molecule is Cc1cc(C)cc(NC(=O)c2cnc(Br)cn2)c1. The number of nitrogens with zero attached hydrogens (tertiary/aromatic N) is 2. The predicted octanol–water partition coefficient (Wildman–Crippen LogP) is 3.11. The topological polar surface area (TPSA) is 54.9 Å². The van der Waals surface area contributed by atoms with E-state index >= 15 is 0 Å². The third-order valence-electron chi connectivity index (χ3n) is 2.33. The molecule has 0 fully saturated rings. The zero-order chi connectivity index (χ0) is 13.1. The van der Waals surface area contributed by atoms with Crippen molar-refractivity contribution in [2.75, 3.05) is 5.32 Å². The largest absolute Gasteiger partial charge is 0.321 e. The van der Waals surface area contributed by atoms with Crippen LogP contribution < -0.4 is 5.32 Å². The van der Waals surface area contributed by atoms with Crippen LogP contribution >= 0.6 is 15.9 Å². The second-order valence-corrected chi connectivity index (χ2v) is 4.87. The van der Waals surface area contributed by atoms with Crippen molar-refractivity contribution < 1.29 is 4.79 Å². The van der Waals surface area contributed by atoms with Gasteiger partial charge in [-0.25, -0.2) is 9.97 Å². The van der Waals surface area contributed by atoms with Crippen molar-refractivity contribution >= 4 is 27.5 Å². The zero-order valence-corrected chi connectivity index (χ0v) is 11.7. The number of amides is 1. The Bertz CT molecular complexity index is 561. The molecule has 0 aliphatic rings. The summed E-state index contributed by atoms with van der Waals surface area (Å²) < 4.78 is 0.602. The summed E-state index contributed by atoms with van der Waals surface area (Å²) in [4.78, 5) is 19.9. The molecule has 0 atom stereocenters. The number of carbonyl (C=O) groups is 1. The number of carbonyl (C=O) groups excluding carboxylic acids is 1. The van der Waals surface area contributed by atoms with Gasteiger partial charge in [0.2, 0.25) is 0 Å². The highest BCUT2D eigenvalue weighted by molar-refractivity contribution is 9.10. The molecule has 18 heavy (non-hydrogen) atoms. The minimum atomic E-state index is -0.264. The first-order valence-electron chi connectivity index (χ1n) is 5.42. The first-order chi connectivity index (χ1) is 8.54. The third kappa shape index (κ3) is 3.13. The van der Waals surface area contributed by atoms with Crippen molar-refractivity contribution in [2.45, 2.75) is 13.8 Å². The maximum absolute atomic E-state index is 11.9. The first kappa shape index (κ1) is 12.7. The Kier molecular flexibility index (Phi) is 3.72. The van der Waals surface area contributed by atoms with E-state index in [1.807, 2.05) is 26.0 Å². The van der Waals surface area contributed by atoms with Crippen LogP contribution in [0.4, 0.5) is 5.69 Å². The summed E-state index contributed by atoms with van der Waals surface area (Å²) >= 11 is 3.18. The molecule has 1 aromatic heterocycles. The number of hydrogen-bond donors (Lipinski definition) is 1. The molecule has 2 aromatic rings. The zero-order valence-electron chi connectivity index (χ0n) is 10.1. The van der Waals surface area contributed by atoms with E-state index in [-0.39, 0.29) is 11.6 Å². The third-order valence-corrected chi connectivity index (χ3v) is 2.74. The van der Waals surface area contributed by atoms with Gasteiger partial charge in [-0.1, -0.05) is 6.07 Å². The summed E-state index contributed by atoms with van der Waals surface area (Å²) in [7, 11) is 0. The van der Waals surface area contributed by atoms with Gasteiger partial charge in [0.05, 0.1) is 12.4 Å². The highest BCUT2D eigenvalue weighted by atomic mass is 79.9. The van der Waals surface area contributed by atoms with E-state index in [4.69, 9.17) is 0 Å². The number of nitrogens with one attached hydrogen (secondary N) is 1. The minimum Gasteiger partial charge on any atom is -0.321 e. The fraction of sp³-hybridized carbons (Fsp3) is 0.154. The molecule has 0 bridgehead atoms. The van der Waals surface area contributed by atoms with Crippen LogP contribution in [0.5, 0.6) is 0 Å². The summed E-state index contributed by atoms with van der Waals surface area (Å²) in [6.45, 7) is 3.98. The van der Waals surface area contributed by atoms with Crippen molar-refractivity contribution in [1.29, 1.82) is 0 Å². The molecule has 0 saturated heterocycles. The summed E-state index contributed by atoms with van der Waals surface area (Å²) in [5, 5.41) is 2.80. The van der Waals surface area contributed by atoms with Crippen LogP contribution in [0, 0.1) is 13.8 Å². The van der Waals surface area contributed by atoms with Gasteiger partial charge < -0.3 is 5.32 Å². The smallest absolute Gasteiger partial charge is 0.275 e. The number of aromatic nitrogens is 2. The first-order valence-corrected chi connectivity index (χ1v) is 6.21. The van der Waals surface area contributed by atoms with E-state index in [0.29, 0.717) is 4.60 Å². The molecular weight excluding hydrogens is 294 g/mol. The van der Waals surface area contributed by atoms with Crippen molar-refractivity contribution in [1.82, 2.24) is 9.97 Å². The number of anilines is 1. The van der Waals surface area contributed by atoms with Gasteiger partial charge in [-0.15, -0.1) is 0 Å². The molecule has 92 valence electrons. The van der Waals surface area contributed by atoms with Crippen LogP contribution in [0.2, 0.25) is 0 Å². The second kappa shape index (κ2) is 5.27. The Labute approximate surface area is 114 Å². The van der Waals surface area contributed by atoms with Gasteiger partial charge in [0.1, 0.15) is 10.3 Å². The summed E-state index contributed by atoms with van der Waals surface area (Å²) in [6.07, 6.45) is 2.93. The van der Waals surface area contributed by atoms with E-state index in [0.717, 1.165) is 16.8 Å².